The lowest BCUT2D eigenvalue weighted by Gasteiger charge is -2.08. The highest BCUT2D eigenvalue weighted by Gasteiger charge is 2.23. The van der Waals surface area contributed by atoms with Gasteiger partial charge in [0.15, 0.2) is 11.3 Å². The molecule has 2 heterocycles. The van der Waals surface area contributed by atoms with Crippen LogP contribution in [-0.2, 0) is 0 Å². The van der Waals surface area contributed by atoms with Gasteiger partial charge in [-0.15, -0.1) is 0 Å². The molecule has 0 spiro atoms. The molecule has 0 amide bonds. The van der Waals surface area contributed by atoms with Crippen LogP contribution in [0.15, 0.2) is 35.0 Å². The zero-order valence-corrected chi connectivity index (χ0v) is 10.2. The first-order valence-corrected chi connectivity index (χ1v) is 8.45. The van der Waals surface area contributed by atoms with E-state index in [0.29, 0.717) is 0 Å². The van der Waals surface area contributed by atoms with Crippen molar-refractivity contribution >= 4 is 13.6 Å². The minimum absolute atomic E-state index is 0.757. The second kappa shape index (κ2) is 3.62. The summed E-state index contributed by atoms with van der Waals surface area (Å²) in [5.74, 6) is 0.757. The van der Waals surface area contributed by atoms with Crippen LogP contribution in [-0.4, -0.2) is 18.0 Å². The Morgan fingerprint density at radius 2 is 1.93 bits per heavy atom. The number of pyridine rings is 1. The van der Waals surface area contributed by atoms with Crippen LogP contribution in [0.1, 0.15) is 0 Å². The molecule has 0 unspecified atom stereocenters. The van der Waals surface area contributed by atoms with E-state index in [1.54, 1.807) is 12.4 Å². The predicted molar refractivity (Wildman–Crippen MR) is 62.7 cm³/mol. The van der Waals surface area contributed by atoms with E-state index in [4.69, 9.17) is 4.42 Å². The van der Waals surface area contributed by atoms with Gasteiger partial charge in [0.2, 0.25) is 0 Å². The molecule has 0 aromatic carbocycles. The fourth-order valence-electron chi connectivity index (χ4n) is 1.25. The Labute approximate surface area is 90.2 Å². The SMILES string of the molecule is C[Si](C)(C)c1ncc(-c2ccccn2)o1. The highest BCUT2D eigenvalue weighted by Crippen LogP contribution is 2.15. The van der Waals surface area contributed by atoms with E-state index in [9.17, 15) is 0 Å². The number of hydrogen-bond donors (Lipinski definition) is 0. The maximum Gasteiger partial charge on any atom is 0.172 e. The number of hydrogen-bond acceptors (Lipinski definition) is 3. The first kappa shape index (κ1) is 10.1. The summed E-state index contributed by atoms with van der Waals surface area (Å²) in [6.45, 7) is 6.63. The molecule has 0 N–H and O–H groups in total. The number of oxazole rings is 1. The fraction of sp³-hybridized carbons (Fsp3) is 0.273. The Morgan fingerprint density at radius 1 is 1.13 bits per heavy atom. The molecule has 0 aliphatic heterocycles. The van der Waals surface area contributed by atoms with Gasteiger partial charge in [0.1, 0.15) is 13.8 Å². The van der Waals surface area contributed by atoms with Crippen LogP contribution in [0.5, 0.6) is 0 Å². The summed E-state index contributed by atoms with van der Waals surface area (Å²) in [5.41, 5.74) is 1.72. The molecule has 0 radical (unpaired) electrons. The molecule has 0 bridgehead atoms. The zero-order valence-electron chi connectivity index (χ0n) is 9.19. The Kier molecular flexibility index (Phi) is 2.44. The van der Waals surface area contributed by atoms with Gasteiger partial charge in [-0.25, -0.2) is 4.98 Å². The number of nitrogens with zero attached hydrogens (tertiary/aromatic N) is 2. The van der Waals surface area contributed by atoms with Gasteiger partial charge < -0.3 is 4.42 Å². The van der Waals surface area contributed by atoms with Crippen molar-refractivity contribution in [2.75, 3.05) is 0 Å². The Morgan fingerprint density at radius 3 is 2.47 bits per heavy atom. The minimum atomic E-state index is -1.45. The van der Waals surface area contributed by atoms with E-state index >= 15 is 0 Å². The average Bonchev–Trinajstić information content (AvgIpc) is 2.67. The Hall–Kier alpha value is -1.42. The summed E-state index contributed by atoms with van der Waals surface area (Å²) in [6.07, 6.45) is 3.52. The first-order valence-electron chi connectivity index (χ1n) is 4.95. The largest absolute Gasteiger partial charge is 0.444 e. The lowest BCUT2D eigenvalue weighted by molar-refractivity contribution is 0.603. The molecule has 0 atom stereocenters. The van der Waals surface area contributed by atoms with Crippen molar-refractivity contribution in [2.45, 2.75) is 19.6 Å². The molecule has 78 valence electrons. The third-order valence-electron chi connectivity index (χ3n) is 2.06. The van der Waals surface area contributed by atoms with Gasteiger partial charge in [-0.2, -0.15) is 0 Å². The molecule has 2 aromatic heterocycles. The number of rotatable bonds is 2. The normalized spacial score (nSPS) is 11.7. The summed E-state index contributed by atoms with van der Waals surface area (Å²) >= 11 is 0. The van der Waals surface area contributed by atoms with Crippen molar-refractivity contribution in [1.29, 1.82) is 0 Å². The maximum absolute atomic E-state index is 5.72. The molecule has 0 aliphatic rings. The number of aromatic nitrogens is 2. The van der Waals surface area contributed by atoms with Gasteiger partial charge in [0, 0.05) is 6.20 Å². The molecule has 15 heavy (non-hydrogen) atoms. The summed E-state index contributed by atoms with van der Waals surface area (Å²) in [6, 6.07) is 5.76. The van der Waals surface area contributed by atoms with Gasteiger partial charge in [-0.3, -0.25) is 4.98 Å². The van der Waals surface area contributed by atoms with Gasteiger partial charge >= 0.3 is 0 Å². The second-order valence-electron chi connectivity index (χ2n) is 4.49. The Bertz CT molecular complexity index is 445. The van der Waals surface area contributed by atoms with Crippen molar-refractivity contribution < 1.29 is 4.42 Å². The van der Waals surface area contributed by atoms with Gasteiger partial charge in [-0.1, -0.05) is 25.7 Å². The van der Waals surface area contributed by atoms with E-state index in [-0.39, 0.29) is 0 Å². The van der Waals surface area contributed by atoms with E-state index in [1.807, 2.05) is 18.2 Å². The highest BCUT2D eigenvalue weighted by atomic mass is 28.3. The molecule has 3 nitrogen and oxygen atoms in total. The van der Waals surface area contributed by atoms with Gasteiger partial charge in [0.25, 0.3) is 0 Å². The smallest absolute Gasteiger partial charge is 0.172 e. The van der Waals surface area contributed by atoms with Crippen molar-refractivity contribution in [2.24, 2.45) is 0 Å². The van der Waals surface area contributed by atoms with Crippen LogP contribution in [0.25, 0.3) is 11.5 Å². The van der Waals surface area contributed by atoms with Crippen LogP contribution in [0, 0.1) is 0 Å². The molecule has 2 rings (SSSR count). The van der Waals surface area contributed by atoms with Crippen LogP contribution in [0.2, 0.25) is 19.6 Å². The molecule has 0 saturated heterocycles. The van der Waals surface area contributed by atoms with E-state index in [2.05, 4.69) is 29.6 Å². The molecule has 0 aliphatic carbocycles. The molecular formula is C11H14N2OSi. The maximum atomic E-state index is 5.72. The first-order chi connectivity index (χ1) is 7.07. The zero-order chi connectivity index (χ0) is 10.9. The van der Waals surface area contributed by atoms with Crippen molar-refractivity contribution in [3.8, 4) is 11.5 Å². The monoisotopic (exact) mass is 218 g/mol. The van der Waals surface area contributed by atoms with Crippen molar-refractivity contribution in [3.05, 3.63) is 30.6 Å². The van der Waals surface area contributed by atoms with Crippen molar-refractivity contribution in [3.63, 3.8) is 0 Å². The molecule has 4 heteroatoms. The summed E-state index contributed by atoms with van der Waals surface area (Å²) < 4.78 is 5.72. The molecule has 2 aromatic rings. The van der Waals surface area contributed by atoms with E-state index < -0.39 is 8.07 Å². The van der Waals surface area contributed by atoms with E-state index in [0.717, 1.165) is 17.0 Å². The second-order valence-corrected chi connectivity index (χ2v) is 9.42. The van der Waals surface area contributed by atoms with Crippen LogP contribution >= 0.6 is 0 Å². The third kappa shape index (κ3) is 2.15. The summed E-state index contributed by atoms with van der Waals surface area (Å²) in [7, 11) is -1.45. The van der Waals surface area contributed by atoms with E-state index in [1.165, 1.54) is 0 Å². The third-order valence-corrected chi connectivity index (χ3v) is 3.58. The minimum Gasteiger partial charge on any atom is -0.444 e. The molecule has 0 fully saturated rings. The highest BCUT2D eigenvalue weighted by molar-refractivity contribution is 6.87. The molecular weight excluding hydrogens is 204 g/mol. The lowest BCUT2D eigenvalue weighted by atomic mass is 10.3. The summed E-state index contributed by atoms with van der Waals surface area (Å²) in [4.78, 5) is 8.54. The van der Waals surface area contributed by atoms with Crippen LogP contribution in [0.4, 0.5) is 0 Å². The standard InChI is InChI=1S/C11H14N2OSi/c1-15(2,3)11-13-8-10(14-11)9-6-4-5-7-12-9/h4-8H,1-3H3. The van der Waals surface area contributed by atoms with Gasteiger partial charge in [0.05, 0.1) is 6.20 Å². The molecule has 0 saturated carbocycles. The quantitative estimate of drug-likeness (QED) is 0.726. The predicted octanol–water partition coefficient (Wildman–Crippen LogP) is 2.28. The van der Waals surface area contributed by atoms with Crippen LogP contribution in [0.3, 0.4) is 0 Å². The lowest BCUT2D eigenvalue weighted by Crippen LogP contribution is -2.38. The summed E-state index contributed by atoms with van der Waals surface area (Å²) in [5, 5.41) is 0. The fourth-order valence-corrected chi connectivity index (χ4v) is 2.12. The van der Waals surface area contributed by atoms with Crippen LogP contribution < -0.4 is 5.51 Å². The average molecular weight is 218 g/mol. The topological polar surface area (TPSA) is 38.9 Å². The van der Waals surface area contributed by atoms with Gasteiger partial charge in [-0.05, 0) is 12.1 Å². The Balaban J connectivity index is 2.37. The van der Waals surface area contributed by atoms with Crippen molar-refractivity contribution in [1.82, 2.24) is 9.97 Å².